The molecule has 0 saturated carbocycles. The number of nitrogens with one attached hydrogen (secondary N) is 1. The minimum atomic E-state index is -0.506. The molecule has 5 nitrogen and oxygen atoms in total. The second-order valence-electron chi connectivity index (χ2n) is 7.35. The second-order valence-corrected chi connectivity index (χ2v) is 8.96. The molecule has 0 spiro atoms. The molecular formula is C22H21ClFN3O2S. The summed E-state index contributed by atoms with van der Waals surface area (Å²) in [6, 6.07) is 11.3. The van der Waals surface area contributed by atoms with Crippen molar-refractivity contribution in [2.75, 3.05) is 24.6 Å². The summed E-state index contributed by atoms with van der Waals surface area (Å²) in [7, 11) is 0. The van der Waals surface area contributed by atoms with Gasteiger partial charge in [0.25, 0.3) is 0 Å². The molecular weight excluding hydrogens is 425 g/mol. The van der Waals surface area contributed by atoms with Crippen LogP contribution < -0.4 is 0 Å². The smallest absolute Gasteiger partial charge is 0.226 e. The standard InChI is InChI=1S/C22H21ClFN3O2S/c23-20-6-3-15-12-18(25-21(15)26-20)19(28)13-16(11-14-1-4-17(24)5-2-14)22(29)27-7-9-30-10-8-27/h1-6,12,16H,7-11,13H2,(H,25,26)/t16-/m1/s1. The predicted octanol–water partition coefficient (Wildman–Crippen LogP) is 4.36. The number of rotatable bonds is 6. The zero-order chi connectivity index (χ0) is 21.1. The lowest BCUT2D eigenvalue weighted by Crippen LogP contribution is -2.42. The number of halogens is 2. The number of thioether (sulfide) groups is 1. The van der Waals surface area contributed by atoms with Crippen molar-refractivity contribution in [1.82, 2.24) is 14.9 Å². The molecule has 0 aliphatic carbocycles. The third kappa shape index (κ3) is 4.84. The highest BCUT2D eigenvalue weighted by atomic mass is 35.5. The number of fused-ring (bicyclic) bond motifs is 1. The predicted molar refractivity (Wildman–Crippen MR) is 118 cm³/mol. The Kier molecular flexibility index (Phi) is 6.39. The average molecular weight is 446 g/mol. The van der Waals surface area contributed by atoms with Crippen LogP contribution in [-0.2, 0) is 11.2 Å². The van der Waals surface area contributed by atoms with Gasteiger partial charge in [-0.2, -0.15) is 11.8 Å². The van der Waals surface area contributed by atoms with Crippen LogP contribution in [0.5, 0.6) is 0 Å². The maximum Gasteiger partial charge on any atom is 0.226 e. The summed E-state index contributed by atoms with van der Waals surface area (Å²) < 4.78 is 13.3. The van der Waals surface area contributed by atoms with Gasteiger partial charge in [-0.05, 0) is 42.3 Å². The van der Waals surface area contributed by atoms with Gasteiger partial charge in [0.05, 0.1) is 5.69 Å². The van der Waals surface area contributed by atoms with Crippen LogP contribution in [0, 0.1) is 11.7 Å². The van der Waals surface area contributed by atoms with Crippen molar-refractivity contribution in [1.29, 1.82) is 0 Å². The van der Waals surface area contributed by atoms with Crippen LogP contribution in [0.1, 0.15) is 22.5 Å². The molecule has 1 atom stereocenters. The molecule has 1 N–H and O–H groups in total. The maximum absolute atomic E-state index is 13.3. The molecule has 1 aliphatic heterocycles. The molecule has 0 radical (unpaired) electrons. The summed E-state index contributed by atoms with van der Waals surface area (Å²) in [5, 5.41) is 1.13. The number of hydrogen-bond donors (Lipinski definition) is 1. The maximum atomic E-state index is 13.3. The minimum Gasteiger partial charge on any atom is -0.341 e. The topological polar surface area (TPSA) is 66.1 Å². The molecule has 1 amide bonds. The van der Waals surface area contributed by atoms with Gasteiger partial charge in [-0.25, -0.2) is 9.37 Å². The van der Waals surface area contributed by atoms with Gasteiger partial charge in [-0.1, -0.05) is 23.7 Å². The van der Waals surface area contributed by atoms with E-state index >= 15 is 0 Å². The number of ketones is 1. The van der Waals surface area contributed by atoms with Gasteiger partial charge in [0.15, 0.2) is 5.78 Å². The van der Waals surface area contributed by atoms with Crippen molar-refractivity contribution in [3.63, 3.8) is 0 Å². The number of aromatic amines is 1. The Labute approximate surface area is 183 Å². The first-order valence-electron chi connectivity index (χ1n) is 9.79. The van der Waals surface area contributed by atoms with E-state index in [0.717, 1.165) is 22.5 Å². The largest absolute Gasteiger partial charge is 0.341 e. The Morgan fingerprint density at radius 2 is 1.90 bits per heavy atom. The summed E-state index contributed by atoms with van der Waals surface area (Å²) in [6.45, 7) is 1.37. The van der Waals surface area contributed by atoms with E-state index in [1.54, 1.807) is 30.3 Å². The van der Waals surface area contributed by atoms with Crippen molar-refractivity contribution in [2.45, 2.75) is 12.8 Å². The lowest BCUT2D eigenvalue weighted by atomic mass is 9.92. The quantitative estimate of drug-likeness (QED) is 0.452. The van der Waals surface area contributed by atoms with Gasteiger partial charge in [0.1, 0.15) is 16.6 Å². The zero-order valence-corrected chi connectivity index (χ0v) is 17.8. The van der Waals surface area contributed by atoms with E-state index in [1.807, 2.05) is 16.7 Å². The highest BCUT2D eigenvalue weighted by molar-refractivity contribution is 7.99. The average Bonchev–Trinajstić information content (AvgIpc) is 3.18. The van der Waals surface area contributed by atoms with Crippen LogP contribution in [0.3, 0.4) is 0 Å². The highest BCUT2D eigenvalue weighted by Crippen LogP contribution is 2.23. The molecule has 156 valence electrons. The first-order valence-corrected chi connectivity index (χ1v) is 11.3. The van der Waals surface area contributed by atoms with Gasteiger partial charge in [-0.3, -0.25) is 9.59 Å². The Morgan fingerprint density at radius 3 is 2.63 bits per heavy atom. The number of benzene rings is 1. The molecule has 1 aromatic carbocycles. The van der Waals surface area contributed by atoms with Crippen molar-refractivity contribution in [3.8, 4) is 0 Å². The van der Waals surface area contributed by atoms with E-state index in [9.17, 15) is 14.0 Å². The van der Waals surface area contributed by atoms with Crippen molar-refractivity contribution in [3.05, 3.63) is 64.7 Å². The summed E-state index contributed by atoms with van der Waals surface area (Å²) in [5.74, 6) is 0.791. The molecule has 3 aromatic rings. The molecule has 3 heterocycles. The molecule has 1 aliphatic rings. The Balaban J connectivity index is 1.56. The van der Waals surface area contributed by atoms with Gasteiger partial charge in [0.2, 0.25) is 5.91 Å². The molecule has 1 fully saturated rings. The van der Waals surface area contributed by atoms with Crippen LogP contribution in [0.25, 0.3) is 11.0 Å². The molecule has 2 aromatic heterocycles. The van der Waals surface area contributed by atoms with Gasteiger partial charge in [0, 0.05) is 42.3 Å². The third-order valence-corrected chi connectivity index (χ3v) is 6.40. The van der Waals surface area contributed by atoms with Crippen LogP contribution in [0.15, 0.2) is 42.5 Å². The Hall–Kier alpha value is -2.38. The summed E-state index contributed by atoms with van der Waals surface area (Å²) in [6.07, 6.45) is 0.458. The first-order chi connectivity index (χ1) is 14.5. The van der Waals surface area contributed by atoms with E-state index in [-0.39, 0.29) is 23.9 Å². The van der Waals surface area contributed by atoms with Gasteiger partial charge < -0.3 is 9.88 Å². The minimum absolute atomic E-state index is 0.0229. The Bertz CT molecular complexity index is 1060. The van der Waals surface area contributed by atoms with Crippen LogP contribution >= 0.6 is 23.4 Å². The van der Waals surface area contributed by atoms with Crippen LogP contribution in [-0.4, -0.2) is 51.2 Å². The SMILES string of the molecule is O=C(C[C@@H](Cc1ccc(F)cc1)C(=O)N1CCSCC1)c1cc2ccc(Cl)nc2[nH]1. The second kappa shape index (κ2) is 9.18. The van der Waals surface area contributed by atoms with Gasteiger partial charge in [-0.15, -0.1) is 0 Å². The normalized spacial score (nSPS) is 15.3. The summed E-state index contributed by atoms with van der Waals surface area (Å²) in [4.78, 5) is 35.3. The summed E-state index contributed by atoms with van der Waals surface area (Å²) >= 11 is 7.75. The van der Waals surface area contributed by atoms with E-state index in [1.165, 1.54) is 12.1 Å². The number of hydrogen-bond acceptors (Lipinski definition) is 4. The monoisotopic (exact) mass is 445 g/mol. The number of carbonyl (C=O) groups is 2. The van der Waals surface area contributed by atoms with Crippen molar-refractivity contribution >= 4 is 46.1 Å². The van der Waals surface area contributed by atoms with Crippen molar-refractivity contribution in [2.24, 2.45) is 5.92 Å². The van der Waals surface area contributed by atoms with E-state index in [0.29, 0.717) is 36.0 Å². The fourth-order valence-corrected chi connectivity index (χ4v) is 4.71. The Morgan fingerprint density at radius 1 is 1.17 bits per heavy atom. The van der Waals surface area contributed by atoms with Gasteiger partial charge >= 0.3 is 0 Å². The zero-order valence-electron chi connectivity index (χ0n) is 16.2. The lowest BCUT2D eigenvalue weighted by molar-refractivity contribution is -0.135. The molecule has 30 heavy (non-hydrogen) atoms. The number of amides is 1. The first kappa shape index (κ1) is 20.9. The fraction of sp³-hybridized carbons (Fsp3) is 0.318. The van der Waals surface area contributed by atoms with Crippen molar-refractivity contribution < 1.29 is 14.0 Å². The number of carbonyl (C=O) groups excluding carboxylic acids is 2. The fourth-order valence-electron chi connectivity index (χ4n) is 3.66. The molecule has 8 heteroatoms. The number of H-pyrrole nitrogens is 1. The molecule has 1 saturated heterocycles. The van der Waals surface area contributed by atoms with E-state index in [2.05, 4.69) is 9.97 Å². The molecule has 4 rings (SSSR count). The summed E-state index contributed by atoms with van der Waals surface area (Å²) in [5.41, 5.74) is 1.78. The molecule has 0 bridgehead atoms. The van der Waals surface area contributed by atoms with E-state index < -0.39 is 5.92 Å². The number of Topliss-reactive ketones (excluding diaryl/α,β-unsaturated/α-hetero) is 1. The van der Waals surface area contributed by atoms with Crippen LogP contribution in [0.2, 0.25) is 5.15 Å². The third-order valence-electron chi connectivity index (χ3n) is 5.24. The number of pyridine rings is 1. The number of aromatic nitrogens is 2. The lowest BCUT2D eigenvalue weighted by Gasteiger charge is -2.30. The number of nitrogens with zero attached hydrogens (tertiary/aromatic N) is 2. The van der Waals surface area contributed by atoms with E-state index in [4.69, 9.17) is 11.6 Å². The van der Waals surface area contributed by atoms with Crippen LogP contribution in [0.4, 0.5) is 4.39 Å². The molecule has 0 unspecified atom stereocenters. The highest BCUT2D eigenvalue weighted by Gasteiger charge is 2.29.